The molecule has 0 atom stereocenters. The van der Waals surface area contributed by atoms with Crippen LogP contribution in [0.25, 0.3) is 0 Å². The quantitative estimate of drug-likeness (QED) is 0.797. The average Bonchev–Trinajstić information content (AvgIpc) is 2.61. The summed E-state index contributed by atoms with van der Waals surface area (Å²) in [6.07, 6.45) is 1.53. The molecule has 17 heavy (non-hydrogen) atoms. The van der Waals surface area contributed by atoms with Crippen LogP contribution < -0.4 is 5.14 Å². The Hall–Kier alpha value is -0.530. The van der Waals surface area contributed by atoms with Crippen LogP contribution in [0.2, 0.25) is 0 Å². The Balaban J connectivity index is 2.98. The van der Waals surface area contributed by atoms with Crippen molar-refractivity contribution >= 4 is 21.8 Å². The van der Waals surface area contributed by atoms with E-state index in [4.69, 9.17) is 5.14 Å². The second-order valence-corrected chi connectivity index (χ2v) is 6.93. The molecule has 0 aliphatic heterocycles. The second-order valence-electron chi connectivity index (χ2n) is 4.03. The fourth-order valence-electron chi connectivity index (χ4n) is 1.49. The lowest BCUT2D eigenvalue weighted by Crippen LogP contribution is -2.12. The Morgan fingerprint density at radius 2 is 2.18 bits per heavy atom. The van der Waals surface area contributed by atoms with Gasteiger partial charge in [0.2, 0.25) is 0 Å². The van der Waals surface area contributed by atoms with Crippen LogP contribution in [0.15, 0.2) is 11.2 Å². The molecule has 1 aromatic rings. The Labute approximate surface area is 107 Å². The summed E-state index contributed by atoms with van der Waals surface area (Å²) in [5.41, 5.74) is 0. The minimum absolute atomic E-state index is 0.0392. The fraction of sp³-hybridized carbons (Fsp3) is 0.700. The molecule has 0 saturated heterocycles. The lowest BCUT2D eigenvalue weighted by atomic mass is 10.2. The summed E-state index contributed by atoms with van der Waals surface area (Å²) in [6.45, 7) is 6.82. The molecule has 1 rings (SSSR count). The van der Waals surface area contributed by atoms with Gasteiger partial charge in [-0.1, -0.05) is 20.8 Å². The van der Waals surface area contributed by atoms with Crippen molar-refractivity contribution in [1.29, 1.82) is 0 Å². The van der Waals surface area contributed by atoms with Gasteiger partial charge in [-0.05, 0) is 5.75 Å². The highest BCUT2D eigenvalue weighted by atomic mass is 32.2. The van der Waals surface area contributed by atoms with E-state index in [1.807, 2.05) is 30.2 Å². The maximum absolute atomic E-state index is 11.2. The molecular weight excluding hydrogens is 258 g/mol. The van der Waals surface area contributed by atoms with E-state index in [0.717, 1.165) is 23.9 Å². The summed E-state index contributed by atoms with van der Waals surface area (Å²) in [5, 5.41) is 5.05. The molecule has 98 valence electrons. The molecule has 7 heteroatoms. The number of primary sulfonamides is 1. The minimum atomic E-state index is -3.71. The third kappa shape index (κ3) is 4.01. The average molecular weight is 277 g/mol. The number of imidazole rings is 1. The predicted octanol–water partition coefficient (Wildman–Crippen LogP) is 1.41. The molecule has 0 spiro atoms. The zero-order chi connectivity index (χ0) is 13.1. The van der Waals surface area contributed by atoms with Crippen molar-refractivity contribution in [2.45, 2.75) is 38.3 Å². The summed E-state index contributed by atoms with van der Waals surface area (Å²) < 4.78 is 24.4. The van der Waals surface area contributed by atoms with Crippen LogP contribution in [0, 0.1) is 0 Å². The van der Waals surface area contributed by atoms with Gasteiger partial charge in [0, 0.05) is 24.4 Å². The predicted molar refractivity (Wildman–Crippen MR) is 70.7 cm³/mol. The van der Waals surface area contributed by atoms with Crippen molar-refractivity contribution < 1.29 is 8.42 Å². The zero-order valence-electron chi connectivity index (χ0n) is 10.4. The molecular formula is C10H19N3O2S2. The SMILES string of the molecule is CCSCCn1cc(S(N)(=O)=O)nc1C(C)C. The van der Waals surface area contributed by atoms with Gasteiger partial charge < -0.3 is 4.57 Å². The first kappa shape index (κ1) is 14.5. The minimum Gasteiger partial charge on any atom is -0.332 e. The molecule has 1 heterocycles. The van der Waals surface area contributed by atoms with Gasteiger partial charge >= 0.3 is 0 Å². The van der Waals surface area contributed by atoms with Crippen LogP contribution in [-0.4, -0.2) is 29.5 Å². The molecule has 0 fully saturated rings. The van der Waals surface area contributed by atoms with Crippen molar-refractivity contribution in [2.75, 3.05) is 11.5 Å². The monoisotopic (exact) mass is 277 g/mol. The fourth-order valence-corrected chi connectivity index (χ4v) is 2.60. The number of aromatic nitrogens is 2. The van der Waals surface area contributed by atoms with Crippen LogP contribution in [0.1, 0.15) is 32.5 Å². The number of rotatable bonds is 6. The maximum Gasteiger partial charge on any atom is 0.257 e. The van der Waals surface area contributed by atoms with Crippen molar-refractivity contribution in [2.24, 2.45) is 5.14 Å². The smallest absolute Gasteiger partial charge is 0.257 e. The molecule has 0 aliphatic rings. The second kappa shape index (κ2) is 5.88. The Kier molecular flexibility index (Phi) is 5.03. The lowest BCUT2D eigenvalue weighted by molar-refractivity contribution is 0.594. The van der Waals surface area contributed by atoms with Crippen LogP contribution in [0.4, 0.5) is 0 Å². The molecule has 2 N–H and O–H groups in total. The third-order valence-corrected chi connectivity index (χ3v) is 3.93. The van der Waals surface area contributed by atoms with E-state index in [9.17, 15) is 8.42 Å². The van der Waals surface area contributed by atoms with Gasteiger partial charge in [0.15, 0.2) is 5.03 Å². The van der Waals surface area contributed by atoms with E-state index in [1.165, 1.54) is 6.20 Å². The number of nitrogens with zero attached hydrogens (tertiary/aromatic N) is 2. The molecule has 0 radical (unpaired) electrons. The van der Waals surface area contributed by atoms with E-state index in [2.05, 4.69) is 11.9 Å². The maximum atomic E-state index is 11.2. The van der Waals surface area contributed by atoms with E-state index < -0.39 is 10.0 Å². The van der Waals surface area contributed by atoms with Gasteiger partial charge in [-0.3, -0.25) is 0 Å². The van der Waals surface area contributed by atoms with Crippen LogP contribution in [-0.2, 0) is 16.6 Å². The Morgan fingerprint density at radius 1 is 1.53 bits per heavy atom. The number of sulfonamides is 1. The largest absolute Gasteiger partial charge is 0.332 e. The Bertz CT molecular complexity index is 466. The van der Waals surface area contributed by atoms with Crippen LogP contribution in [0.3, 0.4) is 0 Å². The van der Waals surface area contributed by atoms with Crippen LogP contribution >= 0.6 is 11.8 Å². The third-order valence-electron chi connectivity index (χ3n) is 2.27. The molecule has 0 bridgehead atoms. The highest BCUT2D eigenvalue weighted by Gasteiger charge is 2.17. The molecule has 0 amide bonds. The van der Waals surface area contributed by atoms with Gasteiger partial charge in [-0.2, -0.15) is 11.8 Å². The summed E-state index contributed by atoms with van der Waals surface area (Å²) >= 11 is 1.81. The van der Waals surface area contributed by atoms with Gasteiger partial charge in [-0.25, -0.2) is 18.5 Å². The first-order chi connectivity index (χ1) is 7.86. The number of thioether (sulfide) groups is 1. The summed E-state index contributed by atoms with van der Waals surface area (Å²) in [4.78, 5) is 4.10. The van der Waals surface area contributed by atoms with Crippen molar-refractivity contribution in [3.8, 4) is 0 Å². The number of hydrogen-bond donors (Lipinski definition) is 1. The molecule has 0 aromatic carbocycles. The van der Waals surface area contributed by atoms with Crippen molar-refractivity contribution in [3.63, 3.8) is 0 Å². The standard InChI is InChI=1S/C10H19N3O2S2/c1-4-16-6-5-13-7-9(17(11,14)15)12-10(13)8(2)3/h7-8H,4-6H2,1-3H3,(H2,11,14,15). The van der Waals surface area contributed by atoms with Gasteiger partial charge in [0.05, 0.1) is 0 Å². The van der Waals surface area contributed by atoms with Gasteiger partial charge in [-0.15, -0.1) is 0 Å². The molecule has 0 aliphatic carbocycles. The Morgan fingerprint density at radius 3 is 2.65 bits per heavy atom. The molecule has 0 saturated carbocycles. The first-order valence-electron chi connectivity index (χ1n) is 5.53. The molecule has 0 unspecified atom stereocenters. The molecule has 5 nitrogen and oxygen atoms in total. The highest BCUT2D eigenvalue weighted by Crippen LogP contribution is 2.17. The zero-order valence-corrected chi connectivity index (χ0v) is 12.0. The number of aryl methyl sites for hydroxylation is 1. The van der Waals surface area contributed by atoms with E-state index in [0.29, 0.717) is 0 Å². The number of nitrogens with two attached hydrogens (primary N) is 1. The summed E-state index contributed by atoms with van der Waals surface area (Å²) in [7, 11) is -3.71. The summed E-state index contributed by atoms with van der Waals surface area (Å²) in [5.74, 6) is 2.94. The highest BCUT2D eigenvalue weighted by molar-refractivity contribution is 7.99. The summed E-state index contributed by atoms with van der Waals surface area (Å²) in [6, 6.07) is 0. The lowest BCUT2D eigenvalue weighted by Gasteiger charge is -2.08. The van der Waals surface area contributed by atoms with E-state index >= 15 is 0 Å². The van der Waals surface area contributed by atoms with E-state index in [1.54, 1.807) is 0 Å². The van der Waals surface area contributed by atoms with Crippen molar-refractivity contribution in [3.05, 3.63) is 12.0 Å². The van der Waals surface area contributed by atoms with Crippen molar-refractivity contribution in [1.82, 2.24) is 9.55 Å². The van der Waals surface area contributed by atoms with Gasteiger partial charge in [0.1, 0.15) is 5.82 Å². The first-order valence-corrected chi connectivity index (χ1v) is 8.24. The number of hydrogen-bond acceptors (Lipinski definition) is 4. The van der Waals surface area contributed by atoms with Crippen LogP contribution in [0.5, 0.6) is 0 Å². The normalized spacial score (nSPS) is 12.3. The van der Waals surface area contributed by atoms with E-state index in [-0.39, 0.29) is 10.9 Å². The molecule has 1 aromatic heterocycles. The van der Waals surface area contributed by atoms with Gasteiger partial charge in [0.25, 0.3) is 10.0 Å². The topological polar surface area (TPSA) is 78.0 Å².